The first-order valence-corrected chi connectivity index (χ1v) is 12.0. The molecule has 3 atom stereocenters. The first kappa shape index (κ1) is 23.7. The summed E-state index contributed by atoms with van der Waals surface area (Å²) >= 11 is 0. The number of fused-ring (bicyclic) bond motifs is 3. The van der Waals surface area contributed by atoms with Crippen molar-refractivity contribution in [3.63, 3.8) is 0 Å². The minimum atomic E-state index is -1.01. The standard InChI is InChI=1S/C27H27FN4O4/c1-15(2)10-23(30-24(34)22-11-17-19(28)7-5-9-20(17)29-22)25(35)32-14-27(12-16(32)13-33)18-6-3-4-8-21(18)31-26(27)36/h3-9,11,13,15-16,23,29H,10,12,14H2,1-2H3,(H,30,34)(H,31,36)/t16-,23-,27-/m0/s1. The number of hydrogen-bond donors (Lipinski definition) is 3. The van der Waals surface area contributed by atoms with Crippen LogP contribution in [0.25, 0.3) is 10.9 Å². The zero-order valence-electron chi connectivity index (χ0n) is 20.0. The Labute approximate surface area is 207 Å². The van der Waals surface area contributed by atoms with E-state index in [0.717, 1.165) is 5.56 Å². The summed E-state index contributed by atoms with van der Waals surface area (Å²) in [6.07, 6.45) is 1.20. The van der Waals surface area contributed by atoms with E-state index in [1.165, 1.54) is 17.0 Å². The van der Waals surface area contributed by atoms with Crippen LogP contribution in [-0.4, -0.2) is 52.5 Å². The smallest absolute Gasteiger partial charge is 0.268 e. The first-order valence-electron chi connectivity index (χ1n) is 12.0. The van der Waals surface area contributed by atoms with Crippen molar-refractivity contribution >= 4 is 40.6 Å². The number of rotatable bonds is 6. The molecular formula is C27H27FN4O4. The van der Waals surface area contributed by atoms with E-state index in [9.17, 15) is 23.6 Å². The summed E-state index contributed by atoms with van der Waals surface area (Å²) in [5.41, 5.74) is 1.03. The predicted molar refractivity (Wildman–Crippen MR) is 132 cm³/mol. The molecule has 2 aliphatic heterocycles. The number of carbonyl (C=O) groups is 4. The summed E-state index contributed by atoms with van der Waals surface area (Å²) in [5, 5.41) is 5.93. The van der Waals surface area contributed by atoms with Crippen molar-refractivity contribution in [2.24, 2.45) is 5.92 Å². The number of amides is 3. The SMILES string of the molecule is CC(C)C[C@H](NC(=O)c1cc2c(F)cccc2[nH]1)C(=O)N1C[C@]2(C[C@H]1C=O)C(=O)Nc1ccccc12. The quantitative estimate of drug-likeness (QED) is 0.461. The number of benzene rings is 2. The van der Waals surface area contributed by atoms with Crippen LogP contribution < -0.4 is 10.6 Å². The molecule has 9 heteroatoms. The molecule has 5 rings (SSSR count). The average molecular weight is 491 g/mol. The van der Waals surface area contributed by atoms with Gasteiger partial charge in [-0.05, 0) is 48.6 Å². The van der Waals surface area contributed by atoms with Gasteiger partial charge in [-0.15, -0.1) is 0 Å². The minimum Gasteiger partial charge on any atom is -0.350 e. The Morgan fingerprint density at radius 3 is 2.72 bits per heavy atom. The number of carbonyl (C=O) groups excluding carboxylic acids is 4. The number of para-hydroxylation sites is 1. The zero-order chi connectivity index (χ0) is 25.6. The summed E-state index contributed by atoms with van der Waals surface area (Å²) in [6.45, 7) is 3.89. The van der Waals surface area contributed by atoms with Crippen molar-refractivity contribution < 1.29 is 23.6 Å². The molecule has 0 aliphatic carbocycles. The largest absolute Gasteiger partial charge is 0.350 e. The number of nitrogens with zero attached hydrogens (tertiary/aromatic N) is 1. The second-order valence-electron chi connectivity index (χ2n) is 10.00. The molecule has 3 N–H and O–H groups in total. The van der Waals surface area contributed by atoms with Gasteiger partial charge in [0.05, 0.1) is 11.5 Å². The molecule has 3 amide bonds. The molecular weight excluding hydrogens is 463 g/mol. The minimum absolute atomic E-state index is 0.0418. The number of H-pyrrole nitrogens is 1. The molecule has 2 aliphatic rings. The van der Waals surface area contributed by atoms with Gasteiger partial charge in [0, 0.05) is 23.1 Å². The van der Waals surface area contributed by atoms with Crippen molar-refractivity contribution in [2.45, 2.75) is 44.2 Å². The van der Waals surface area contributed by atoms with E-state index in [1.54, 1.807) is 18.2 Å². The number of aromatic amines is 1. The molecule has 1 saturated heterocycles. The Balaban J connectivity index is 1.42. The molecule has 0 bridgehead atoms. The van der Waals surface area contributed by atoms with Crippen LogP contribution in [0.15, 0.2) is 48.5 Å². The van der Waals surface area contributed by atoms with Gasteiger partial charge in [-0.2, -0.15) is 0 Å². The first-order chi connectivity index (χ1) is 17.2. The highest BCUT2D eigenvalue weighted by Gasteiger charge is 2.56. The van der Waals surface area contributed by atoms with E-state index in [2.05, 4.69) is 15.6 Å². The molecule has 0 saturated carbocycles. The third-order valence-corrected chi connectivity index (χ3v) is 7.13. The van der Waals surface area contributed by atoms with Crippen LogP contribution in [-0.2, 0) is 19.8 Å². The topological polar surface area (TPSA) is 111 Å². The Hall–Kier alpha value is -4.01. The number of hydrogen-bond acceptors (Lipinski definition) is 4. The molecule has 3 aromatic rings. The van der Waals surface area contributed by atoms with Crippen molar-refractivity contribution in [3.05, 3.63) is 65.6 Å². The fraction of sp³-hybridized carbons (Fsp3) is 0.333. The number of aromatic nitrogens is 1. The van der Waals surface area contributed by atoms with Crippen LogP contribution in [0.4, 0.5) is 10.1 Å². The molecule has 1 fully saturated rings. The van der Waals surface area contributed by atoms with Crippen molar-refractivity contribution in [1.29, 1.82) is 0 Å². The Bertz CT molecular complexity index is 1380. The van der Waals surface area contributed by atoms with Gasteiger partial charge in [-0.3, -0.25) is 14.4 Å². The number of likely N-dealkylation sites (tertiary alicyclic amines) is 1. The molecule has 0 unspecified atom stereocenters. The second-order valence-corrected chi connectivity index (χ2v) is 10.00. The van der Waals surface area contributed by atoms with E-state index in [-0.39, 0.29) is 35.9 Å². The lowest BCUT2D eigenvalue weighted by molar-refractivity contribution is -0.137. The Morgan fingerprint density at radius 1 is 1.22 bits per heavy atom. The fourth-order valence-electron chi connectivity index (χ4n) is 5.41. The number of anilines is 1. The van der Waals surface area contributed by atoms with Crippen LogP contribution in [0.1, 0.15) is 42.7 Å². The van der Waals surface area contributed by atoms with E-state index >= 15 is 0 Å². The molecule has 8 nitrogen and oxygen atoms in total. The maximum Gasteiger partial charge on any atom is 0.268 e. The van der Waals surface area contributed by atoms with Gasteiger partial charge < -0.3 is 25.3 Å². The van der Waals surface area contributed by atoms with E-state index in [4.69, 9.17) is 0 Å². The number of halogens is 1. The number of aldehydes is 1. The lowest BCUT2D eigenvalue weighted by atomic mass is 9.80. The normalized spacial score (nSPS) is 21.6. The van der Waals surface area contributed by atoms with Crippen LogP contribution in [0.5, 0.6) is 0 Å². The molecule has 3 heterocycles. The van der Waals surface area contributed by atoms with Gasteiger partial charge in [0.15, 0.2) is 0 Å². The highest BCUT2D eigenvalue weighted by atomic mass is 19.1. The summed E-state index contributed by atoms with van der Waals surface area (Å²) in [4.78, 5) is 56.2. The molecule has 0 radical (unpaired) electrons. The van der Waals surface area contributed by atoms with Crippen molar-refractivity contribution in [3.8, 4) is 0 Å². The third kappa shape index (κ3) is 3.84. The van der Waals surface area contributed by atoms with Gasteiger partial charge in [0.2, 0.25) is 11.8 Å². The monoisotopic (exact) mass is 490 g/mol. The maximum atomic E-state index is 14.1. The van der Waals surface area contributed by atoms with E-state index in [0.29, 0.717) is 23.9 Å². The maximum absolute atomic E-state index is 14.1. The molecule has 2 aromatic carbocycles. The summed E-state index contributed by atoms with van der Waals surface area (Å²) in [5.74, 6) is -1.61. The fourth-order valence-corrected chi connectivity index (χ4v) is 5.41. The summed E-state index contributed by atoms with van der Waals surface area (Å²) < 4.78 is 14.1. The summed E-state index contributed by atoms with van der Waals surface area (Å²) in [7, 11) is 0. The van der Waals surface area contributed by atoms with Crippen molar-refractivity contribution in [1.82, 2.24) is 15.2 Å². The van der Waals surface area contributed by atoms with Crippen LogP contribution >= 0.6 is 0 Å². The van der Waals surface area contributed by atoms with E-state index in [1.807, 2.05) is 32.0 Å². The van der Waals surface area contributed by atoms with Gasteiger partial charge >= 0.3 is 0 Å². The third-order valence-electron chi connectivity index (χ3n) is 7.13. The second kappa shape index (κ2) is 8.89. The molecule has 1 aromatic heterocycles. The summed E-state index contributed by atoms with van der Waals surface area (Å²) in [6, 6.07) is 11.5. The van der Waals surface area contributed by atoms with Gasteiger partial charge in [0.1, 0.15) is 23.8 Å². The van der Waals surface area contributed by atoms with Crippen molar-refractivity contribution in [2.75, 3.05) is 11.9 Å². The molecule has 36 heavy (non-hydrogen) atoms. The predicted octanol–water partition coefficient (Wildman–Crippen LogP) is 3.14. The van der Waals surface area contributed by atoms with Crippen LogP contribution in [0.3, 0.4) is 0 Å². The van der Waals surface area contributed by atoms with E-state index < -0.39 is 35.1 Å². The zero-order valence-corrected chi connectivity index (χ0v) is 20.0. The lowest BCUT2D eigenvalue weighted by Crippen LogP contribution is -2.51. The average Bonchev–Trinajstić information content (AvgIpc) is 3.53. The van der Waals surface area contributed by atoms with Gasteiger partial charge in [-0.25, -0.2) is 4.39 Å². The lowest BCUT2D eigenvalue weighted by Gasteiger charge is -2.28. The molecule has 186 valence electrons. The number of nitrogens with one attached hydrogen (secondary N) is 3. The van der Waals surface area contributed by atoms with Crippen LogP contribution in [0, 0.1) is 11.7 Å². The Kier molecular flexibility index (Phi) is 5.86. The van der Waals surface area contributed by atoms with Crippen LogP contribution in [0.2, 0.25) is 0 Å². The Morgan fingerprint density at radius 2 is 2.00 bits per heavy atom. The highest BCUT2D eigenvalue weighted by molar-refractivity contribution is 6.08. The highest BCUT2D eigenvalue weighted by Crippen LogP contribution is 2.46. The molecule has 1 spiro atoms. The van der Waals surface area contributed by atoms with Gasteiger partial charge in [-0.1, -0.05) is 38.1 Å². The van der Waals surface area contributed by atoms with Gasteiger partial charge in [0.25, 0.3) is 5.91 Å².